The second kappa shape index (κ2) is 5.94. The highest BCUT2D eigenvalue weighted by Gasteiger charge is 2.49. The van der Waals surface area contributed by atoms with Gasteiger partial charge in [-0.2, -0.15) is 0 Å². The molecule has 0 aromatic rings. The quantitative estimate of drug-likeness (QED) is 0.578. The van der Waals surface area contributed by atoms with E-state index in [-0.39, 0.29) is 23.6 Å². The van der Waals surface area contributed by atoms with E-state index < -0.39 is 12.3 Å². The zero-order valence-corrected chi connectivity index (χ0v) is 13.4. The van der Waals surface area contributed by atoms with Crippen molar-refractivity contribution in [3.05, 3.63) is 0 Å². The highest BCUT2D eigenvalue weighted by atomic mass is 16.2. The van der Waals surface area contributed by atoms with Crippen LogP contribution in [-0.2, 0) is 19.2 Å². The van der Waals surface area contributed by atoms with E-state index in [1.165, 1.54) is 27.7 Å². The standard InChI is InChI=1S/C14H22N4O4/c1-9(19)15-5-6-17(11(3)21)14-13(15)16(10(2)20)7-8-18(14)12(4)22/h13-14H,5-8H2,1-4H3. The Morgan fingerprint density at radius 2 is 0.727 bits per heavy atom. The molecule has 8 heteroatoms. The van der Waals surface area contributed by atoms with E-state index in [0.29, 0.717) is 26.2 Å². The number of carbonyl (C=O) groups excluding carboxylic acids is 4. The largest absolute Gasteiger partial charge is 0.317 e. The van der Waals surface area contributed by atoms with Gasteiger partial charge in [0.25, 0.3) is 0 Å². The van der Waals surface area contributed by atoms with E-state index in [1.807, 2.05) is 0 Å². The van der Waals surface area contributed by atoms with Crippen molar-refractivity contribution < 1.29 is 19.2 Å². The molecule has 0 spiro atoms. The summed E-state index contributed by atoms with van der Waals surface area (Å²) in [6.07, 6.45) is -1.24. The van der Waals surface area contributed by atoms with Crippen molar-refractivity contribution >= 4 is 23.6 Å². The second-order valence-corrected chi connectivity index (χ2v) is 5.68. The lowest BCUT2D eigenvalue weighted by Crippen LogP contribution is -2.76. The molecule has 2 fully saturated rings. The highest BCUT2D eigenvalue weighted by molar-refractivity contribution is 5.81. The molecule has 2 rings (SSSR count). The maximum atomic E-state index is 12.0. The molecule has 0 aromatic carbocycles. The summed E-state index contributed by atoms with van der Waals surface area (Å²) >= 11 is 0. The third-order valence-corrected chi connectivity index (χ3v) is 4.33. The van der Waals surface area contributed by atoms with Crippen LogP contribution in [0, 0.1) is 0 Å². The number of fused-ring (bicyclic) bond motifs is 1. The van der Waals surface area contributed by atoms with E-state index in [9.17, 15) is 19.2 Å². The molecule has 4 amide bonds. The maximum Gasteiger partial charge on any atom is 0.221 e. The van der Waals surface area contributed by atoms with Gasteiger partial charge in [0, 0.05) is 53.9 Å². The number of rotatable bonds is 0. The third kappa shape index (κ3) is 2.65. The molecular weight excluding hydrogens is 288 g/mol. The summed E-state index contributed by atoms with van der Waals surface area (Å²) in [5, 5.41) is 0. The third-order valence-electron chi connectivity index (χ3n) is 4.33. The van der Waals surface area contributed by atoms with Crippen molar-refractivity contribution in [3.63, 3.8) is 0 Å². The number of amides is 4. The number of nitrogens with zero attached hydrogens (tertiary/aromatic N) is 4. The van der Waals surface area contributed by atoms with Gasteiger partial charge < -0.3 is 19.6 Å². The van der Waals surface area contributed by atoms with Gasteiger partial charge in [0.05, 0.1) is 0 Å². The van der Waals surface area contributed by atoms with E-state index >= 15 is 0 Å². The molecule has 2 aliphatic rings. The first-order valence-corrected chi connectivity index (χ1v) is 7.34. The predicted molar refractivity (Wildman–Crippen MR) is 77.1 cm³/mol. The van der Waals surface area contributed by atoms with Crippen LogP contribution in [0.1, 0.15) is 27.7 Å². The summed E-state index contributed by atoms with van der Waals surface area (Å²) in [4.78, 5) is 54.1. The van der Waals surface area contributed by atoms with Gasteiger partial charge in [-0.3, -0.25) is 19.2 Å². The summed E-state index contributed by atoms with van der Waals surface area (Å²) in [7, 11) is 0. The lowest BCUT2D eigenvalue weighted by Gasteiger charge is -2.56. The molecule has 0 unspecified atom stereocenters. The SMILES string of the molecule is CC(=O)N1CCN(C(C)=O)C2C1N(C(C)=O)CCN2C(C)=O. The Bertz CT molecular complexity index is 431. The highest BCUT2D eigenvalue weighted by Crippen LogP contribution is 2.28. The topological polar surface area (TPSA) is 81.2 Å². The van der Waals surface area contributed by atoms with Gasteiger partial charge in [-0.1, -0.05) is 0 Å². The van der Waals surface area contributed by atoms with Crippen molar-refractivity contribution in [1.82, 2.24) is 19.6 Å². The first-order valence-electron chi connectivity index (χ1n) is 7.34. The van der Waals surface area contributed by atoms with Crippen molar-refractivity contribution in [2.45, 2.75) is 40.0 Å². The van der Waals surface area contributed by atoms with Crippen LogP contribution in [0.3, 0.4) is 0 Å². The summed E-state index contributed by atoms with van der Waals surface area (Å²) < 4.78 is 0. The van der Waals surface area contributed by atoms with Crippen LogP contribution in [0.25, 0.3) is 0 Å². The number of hydrogen-bond acceptors (Lipinski definition) is 4. The van der Waals surface area contributed by atoms with E-state index in [0.717, 1.165) is 0 Å². The molecule has 2 aliphatic heterocycles. The first kappa shape index (κ1) is 16.3. The average molecular weight is 310 g/mol. The average Bonchev–Trinajstić information content (AvgIpc) is 2.43. The fourth-order valence-electron chi connectivity index (χ4n) is 3.32. The number of hydrogen-bond donors (Lipinski definition) is 0. The summed E-state index contributed by atoms with van der Waals surface area (Å²) in [6, 6.07) is 0. The Kier molecular flexibility index (Phi) is 4.39. The smallest absolute Gasteiger partial charge is 0.221 e. The minimum Gasteiger partial charge on any atom is -0.317 e. The minimum atomic E-state index is -0.620. The van der Waals surface area contributed by atoms with Crippen LogP contribution < -0.4 is 0 Å². The zero-order chi connectivity index (χ0) is 16.6. The van der Waals surface area contributed by atoms with Crippen LogP contribution in [0.5, 0.6) is 0 Å². The van der Waals surface area contributed by atoms with Crippen LogP contribution in [0.2, 0.25) is 0 Å². The molecule has 22 heavy (non-hydrogen) atoms. The van der Waals surface area contributed by atoms with Gasteiger partial charge in [-0.15, -0.1) is 0 Å². The molecule has 2 heterocycles. The molecule has 2 saturated heterocycles. The van der Waals surface area contributed by atoms with Crippen molar-refractivity contribution in [3.8, 4) is 0 Å². The normalized spacial score (nSPS) is 24.9. The fourth-order valence-corrected chi connectivity index (χ4v) is 3.32. The summed E-state index contributed by atoms with van der Waals surface area (Å²) in [5.41, 5.74) is 0. The maximum absolute atomic E-state index is 12.0. The molecule has 0 bridgehead atoms. The Hall–Kier alpha value is -2.12. The Labute approximate surface area is 129 Å². The van der Waals surface area contributed by atoms with Crippen LogP contribution in [-0.4, -0.2) is 81.7 Å². The first-order chi connectivity index (χ1) is 10.3. The lowest BCUT2D eigenvalue weighted by atomic mass is 10.1. The number of piperazine rings is 2. The fraction of sp³-hybridized carbons (Fsp3) is 0.714. The molecular formula is C14H22N4O4. The molecule has 0 aliphatic carbocycles. The van der Waals surface area contributed by atoms with Gasteiger partial charge in [0.15, 0.2) is 0 Å². The van der Waals surface area contributed by atoms with Crippen LogP contribution in [0.4, 0.5) is 0 Å². The molecule has 122 valence electrons. The Morgan fingerprint density at radius 1 is 0.545 bits per heavy atom. The Balaban J connectivity index is 2.48. The van der Waals surface area contributed by atoms with Crippen molar-refractivity contribution in [2.24, 2.45) is 0 Å². The van der Waals surface area contributed by atoms with Crippen molar-refractivity contribution in [2.75, 3.05) is 26.2 Å². The molecule has 0 saturated carbocycles. The monoisotopic (exact) mass is 310 g/mol. The minimum absolute atomic E-state index is 0.171. The van der Waals surface area contributed by atoms with Gasteiger partial charge >= 0.3 is 0 Å². The van der Waals surface area contributed by atoms with E-state index in [1.54, 1.807) is 19.6 Å². The summed E-state index contributed by atoms with van der Waals surface area (Å²) in [5.74, 6) is -0.686. The van der Waals surface area contributed by atoms with E-state index in [4.69, 9.17) is 0 Å². The molecule has 8 nitrogen and oxygen atoms in total. The predicted octanol–water partition coefficient (Wildman–Crippen LogP) is -0.940. The Morgan fingerprint density at radius 3 is 0.864 bits per heavy atom. The van der Waals surface area contributed by atoms with Gasteiger partial charge in [-0.25, -0.2) is 0 Å². The van der Waals surface area contributed by atoms with Crippen LogP contribution in [0.15, 0.2) is 0 Å². The lowest BCUT2D eigenvalue weighted by molar-refractivity contribution is -0.186. The van der Waals surface area contributed by atoms with E-state index in [2.05, 4.69) is 0 Å². The zero-order valence-electron chi connectivity index (χ0n) is 13.4. The molecule has 0 atom stereocenters. The molecule has 0 N–H and O–H groups in total. The molecule has 0 aromatic heterocycles. The molecule has 0 radical (unpaired) electrons. The van der Waals surface area contributed by atoms with Crippen LogP contribution >= 0.6 is 0 Å². The van der Waals surface area contributed by atoms with Gasteiger partial charge in [-0.05, 0) is 0 Å². The summed E-state index contributed by atoms with van der Waals surface area (Å²) in [6.45, 7) is 7.16. The number of carbonyl (C=O) groups is 4. The van der Waals surface area contributed by atoms with Crippen molar-refractivity contribution in [1.29, 1.82) is 0 Å². The van der Waals surface area contributed by atoms with Gasteiger partial charge in [0.1, 0.15) is 12.3 Å². The van der Waals surface area contributed by atoms with Gasteiger partial charge in [0.2, 0.25) is 23.6 Å². The second-order valence-electron chi connectivity index (χ2n) is 5.68.